The van der Waals surface area contributed by atoms with Crippen LogP contribution in [0, 0.1) is 0 Å². The summed E-state index contributed by atoms with van der Waals surface area (Å²) in [5, 5.41) is 0. The quantitative estimate of drug-likeness (QED) is 0.361. The highest BCUT2D eigenvalue weighted by atomic mass is 14.3. The van der Waals surface area contributed by atoms with E-state index in [0.29, 0.717) is 5.92 Å². The van der Waals surface area contributed by atoms with E-state index >= 15 is 0 Å². The minimum Gasteiger partial charge on any atom is -0.0995 e. The topological polar surface area (TPSA) is 0 Å². The molecule has 3 aliphatic rings. The average Bonchev–Trinajstić information content (AvgIpc) is 3.52. The van der Waals surface area contributed by atoms with Crippen LogP contribution in [0.25, 0.3) is 0 Å². The molecule has 0 amide bonds. The van der Waals surface area contributed by atoms with Crippen LogP contribution in [-0.2, 0) is 24.7 Å². The molecule has 2 aromatic rings. The van der Waals surface area contributed by atoms with Crippen LogP contribution >= 0.6 is 0 Å². The predicted octanol–water partition coefficient (Wildman–Crippen LogP) is 9.28. The zero-order valence-corrected chi connectivity index (χ0v) is 21.9. The first-order valence-electron chi connectivity index (χ1n) is 13.5. The Labute approximate surface area is 212 Å². The molecule has 0 aromatic heterocycles. The second kappa shape index (κ2) is 10.0. The summed E-state index contributed by atoms with van der Waals surface area (Å²) in [6.45, 7) is 11.3. The van der Waals surface area contributed by atoms with E-state index in [0.717, 1.165) is 25.7 Å². The second-order valence-electron chi connectivity index (χ2n) is 11.7. The van der Waals surface area contributed by atoms with Gasteiger partial charge in [-0.2, -0.15) is 0 Å². The van der Waals surface area contributed by atoms with Crippen molar-refractivity contribution in [2.24, 2.45) is 0 Å². The largest absolute Gasteiger partial charge is 0.0995 e. The smallest absolute Gasteiger partial charge is 0.0305 e. The Balaban J connectivity index is 1.29. The maximum absolute atomic E-state index is 4.47. The highest BCUT2D eigenvalue weighted by Gasteiger charge is 2.28. The van der Waals surface area contributed by atoms with Crippen LogP contribution in [0.3, 0.4) is 0 Å². The Kier molecular flexibility index (Phi) is 6.83. The van der Waals surface area contributed by atoms with Crippen LogP contribution < -0.4 is 0 Å². The molecule has 0 saturated carbocycles. The van der Waals surface area contributed by atoms with E-state index in [1.807, 2.05) is 0 Å². The third-order valence-corrected chi connectivity index (χ3v) is 8.05. The van der Waals surface area contributed by atoms with Crippen LogP contribution in [0.15, 0.2) is 102 Å². The fourth-order valence-corrected chi connectivity index (χ4v) is 5.92. The lowest BCUT2D eigenvalue weighted by Crippen LogP contribution is -2.10. The van der Waals surface area contributed by atoms with Gasteiger partial charge in [-0.3, -0.25) is 0 Å². The Morgan fingerprint density at radius 3 is 2.40 bits per heavy atom. The number of rotatable bonds is 7. The molecule has 0 heteroatoms. The minimum absolute atomic E-state index is 0.200. The van der Waals surface area contributed by atoms with Crippen molar-refractivity contribution in [2.75, 3.05) is 0 Å². The van der Waals surface area contributed by atoms with Crippen LogP contribution in [0.4, 0.5) is 0 Å². The number of allylic oxidation sites excluding steroid dienone is 9. The fraction of sp³-hybridized carbons (Fsp3) is 0.371. The highest BCUT2D eigenvalue weighted by Crippen LogP contribution is 2.44. The molecule has 35 heavy (non-hydrogen) atoms. The van der Waals surface area contributed by atoms with Gasteiger partial charge in [-0.1, -0.05) is 111 Å². The number of aryl methyl sites for hydroxylation is 2. The summed E-state index contributed by atoms with van der Waals surface area (Å²) in [4.78, 5) is 0. The van der Waals surface area contributed by atoms with Gasteiger partial charge < -0.3 is 0 Å². The third-order valence-electron chi connectivity index (χ3n) is 8.05. The van der Waals surface area contributed by atoms with Gasteiger partial charge in [0.2, 0.25) is 0 Å². The molecule has 1 atom stereocenters. The summed E-state index contributed by atoms with van der Waals surface area (Å²) < 4.78 is 0. The van der Waals surface area contributed by atoms with Gasteiger partial charge in [-0.05, 0) is 95.7 Å². The van der Waals surface area contributed by atoms with E-state index in [4.69, 9.17) is 0 Å². The van der Waals surface area contributed by atoms with E-state index in [1.165, 1.54) is 59.1 Å². The third kappa shape index (κ3) is 5.37. The van der Waals surface area contributed by atoms with Gasteiger partial charge in [0, 0.05) is 5.92 Å². The molecule has 0 nitrogen and oxygen atoms in total. The van der Waals surface area contributed by atoms with Crippen LogP contribution in [0.1, 0.15) is 86.6 Å². The first kappa shape index (κ1) is 23.9. The van der Waals surface area contributed by atoms with Crippen molar-refractivity contribution in [1.29, 1.82) is 0 Å². The molecule has 5 rings (SSSR count). The van der Waals surface area contributed by atoms with Gasteiger partial charge in [0.25, 0.3) is 0 Å². The first-order valence-corrected chi connectivity index (χ1v) is 13.5. The lowest BCUT2D eigenvalue weighted by Gasteiger charge is -2.24. The molecule has 1 unspecified atom stereocenters. The molecule has 0 N–H and O–H groups in total. The van der Waals surface area contributed by atoms with Gasteiger partial charge in [0.15, 0.2) is 0 Å². The average molecular weight is 461 g/mol. The van der Waals surface area contributed by atoms with Gasteiger partial charge >= 0.3 is 0 Å². The molecular formula is C35H40. The minimum atomic E-state index is 0.200. The van der Waals surface area contributed by atoms with E-state index < -0.39 is 0 Å². The maximum Gasteiger partial charge on any atom is 0.0305 e. The Hall–Kier alpha value is -2.86. The zero-order valence-electron chi connectivity index (χ0n) is 21.9. The van der Waals surface area contributed by atoms with Crippen molar-refractivity contribution in [1.82, 2.24) is 0 Å². The standard InChI is InChI=1S/C35H40/c1-25(23-26-14-20-32(21-15-26)35(2,3)4)13-16-29-19-22-33(28-10-6-7-11-28)34(29)31-18-17-27-9-5-8-12-30(27)24-31/h6-7,10,14-15,17-22,24,34H,1,5,8-9,11-13,16,23H2,2-4H3. The van der Waals surface area contributed by atoms with E-state index in [2.05, 4.69) is 100 Å². The molecule has 0 saturated heterocycles. The number of hydrogen-bond acceptors (Lipinski definition) is 0. The molecule has 3 aliphatic carbocycles. The van der Waals surface area contributed by atoms with E-state index in [1.54, 1.807) is 16.7 Å². The summed E-state index contributed by atoms with van der Waals surface area (Å²) in [5.41, 5.74) is 13.5. The first-order chi connectivity index (χ1) is 16.9. The number of benzene rings is 2. The molecule has 0 fully saturated rings. The van der Waals surface area contributed by atoms with Crippen LogP contribution in [0.5, 0.6) is 0 Å². The highest BCUT2D eigenvalue weighted by molar-refractivity contribution is 5.57. The SMILES string of the molecule is C=C(CCC1=CC=C(C2=CC=CC2)C1c1ccc2c(c1)CCCC2)Cc1ccc(C(C)(C)C)cc1. The van der Waals surface area contributed by atoms with Crippen molar-refractivity contribution >= 4 is 0 Å². The van der Waals surface area contributed by atoms with Gasteiger partial charge in [0.1, 0.15) is 0 Å². The summed E-state index contributed by atoms with van der Waals surface area (Å²) in [6.07, 6.45) is 20.9. The van der Waals surface area contributed by atoms with Crippen LogP contribution in [-0.4, -0.2) is 0 Å². The molecule has 0 heterocycles. The van der Waals surface area contributed by atoms with Crippen molar-refractivity contribution in [3.8, 4) is 0 Å². The molecule has 0 aliphatic heterocycles. The normalized spacial score (nSPS) is 19.3. The van der Waals surface area contributed by atoms with Crippen molar-refractivity contribution in [3.63, 3.8) is 0 Å². The molecule has 0 radical (unpaired) electrons. The monoisotopic (exact) mass is 460 g/mol. The molecular weight excluding hydrogens is 420 g/mol. The molecule has 2 aromatic carbocycles. The predicted molar refractivity (Wildman–Crippen MR) is 151 cm³/mol. The summed E-state index contributed by atoms with van der Waals surface area (Å²) in [6, 6.07) is 16.5. The lowest BCUT2D eigenvalue weighted by atomic mass is 9.80. The zero-order chi connectivity index (χ0) is 24.4. The fourth-order valence-electron chi connectivity index (χ4n) is 5.92. The Morgan fingerprint density at radius 2 is 1.69 bits per heavy atom. The van der Waals surface area contributed by atoms with Crippen molar-refractivity contribution in [3.05, 3.63) is 130 Å². The van der Waals surface area contributed by atoms with E-state index in [9.17, 15) is 0 Å². The lowest BCUT2D eigenvalue weighted by molar-refractivity contribution is 0.590. The summed E-state index contributed by atoms with van der Waals surface area (Å²) >= 11 is 0. The summed E-state index contributed by atoms with van der Waals surface area (Å²) in [5.74, 6) is 0.396. The number of hydrogen-bond donors (Lipinski definition) is 0. The van der Waals surface area contributed by atoms with Crippen molar-refractivity contribution in [2.45, 2.75) is 83.5 Å². The Morgan fingerprint density at radius 1 is 0.914 bits per heavy atom. The summed E-state index contributed by atoms with van der Waals surface area (Å²) in [7, 11) is 0. The van der Waals surface area contributed by atoms with Gasteiger partial charge in [0.05, 0.1) is 0 Å². The van der Waals surface area contributed by atoms with E-state index in [-0.39, 0.29) is 5.41 Å². The van der Waals surface area contributed by atoms with Crippen molar-refractivity contribution < 1.29 is 0 Å². The molecule has 0 spiro atoms. The number of fused-ring (bicyclic) bond motifs is 1. The molecule has 180 valence electrons. The maximum atomic E-state index is 4.47. The molecule has 0 bridgehead atoms. The van der Waals surface area contributed by atoms with Gasteiger partial charge in [-0.25, -0.2) is 0 Å². The van der Waals surface area contributed by atoms with Crippen LogP contribution in [0.2, 0.25) is 0 Å². The Bertz CT molecular complexity index is 1220. The van der Waals surface area contributed by atoms with Gasteiger partial charge in [-0.15, -0.1) is 0 Å². The second-order valence-corrected chi connectivity index (χ2v) is 11.7.